The third-order valence-electron chi connectivity index (χ3n) is 4.28. The van der Waals surface area contributed by atoms with Crippen molar-refractivity contribution in [3.05, 3.63) is 0 Å². The molecule has 0 bridgehead atoms. The highest BCUT2D eigenvalue weighted by Crippen LogP contribution is 2.23. The molecule has 1 saturated carbocycles. The van der Waals surface area contributed by atoms with Crippen LogP contribution in [0.15, 0.2) is 0 Å². The maximum atomic E-state index is 11.9. The second kappa shape index (κ2) is 5.57. The molecule has 4 heteroatoms. The molecule has 1 heterocycles. The molecule has 1 amide bonds. The van der Waals surface area contributed by atoms with Crippen molar-refractivity contribution in [1.82, 2.24) is 10.2 Å². The Labute approximate surface area is 110 Å². The predicted molar refractivity (Wildman–Crippen MR) is 71.2 cm³/mol. The number of hydrogen-bond acceptors (Lipinski definition) is 3. The summed E-state index contributed by atoms with van der Waals surface area (Å²) >= 11 is 0. The van der Waals surface area contributed by atoms with Gasteiger partial charge in [0.25, 0.3) is 0 Å². The average molecular weight is 254 g/mol. The van der Waals surface area contributed by atoms with E-state index in [1.807, 2.05) is 11.8 Å². The molecule has 0 aromatic rings. The van der Waals surface area contributed by atoms with Gasteiger partial charge in [-0.3, -0.25) is 9.69 Å². The van der Waals surface area contributed by atoms with Crippen LogP contribution in [0.25, 0.3) is 0 Å². The maximum absolute atomic E-state index is 11.9. The molecule has 0 radical (unpaired) electrons. The normalized spacial score (nSPS) is 37.7. The number of aliphatic hydroxyl groups is 1. The van der Waals surface area contributed by atoms with Gasteiger partial charge in [-0.2, -0.15) is 0 Å². The number of likely N-dealkylation sites (tertiary alicyclic amines) is 1. The van der Waals surface area contributed by atoms with Crippen molar-refractivity contribution in [3.63, 3.8) is 0 Å². The number of nitrogens with zero attached hydrogens (tertiary/aromatic N) is 1. The van der Waals surface area contributed by atoms with E-state index in [-0.39, 0.29) is 5.91 Å². The average Bonchev–Trinajstić information content (AvgIpc) is 2.61. The summed E-state index contributed by atoms with van der Waals surface area (Å²) in [5.74, 6) is 0.930. The minimum Gasteiger partial charge on any atom is -0.389 e. The van der Waals surface area contributed by atoms with Crippen molar-refractivity contribution in [3.8, 4) is 0 Å². The molecule has 1 aliphatic carbocycles. The van der Waals surface area contributed by atoms with E-state index in [1.54, 1.807) is 0 Å². The number of β-amino-alcohol motifs (C(OH)–C–C–N with tert-alkyl or cyclic N) is 1. The van der Waals surface area contributed by atoms with Crippen molar-refractivity contribution in [1.29, 1.82) is 0 Å². The quantitative estimate of drug-likeness (QED) is 0.794. The van der Waals surface area contributed by atoms with Gasteiger partial charge in [-0.25, -0.2) is 0 Å². The first kappa shape index (κ1) is 13.8. The summed E-state index contributed by atoms with van der Waals surface area (Å²) in [5.41, 5.74) is -0.611. The summed E-state index contributed by atoms with van der Waals surface area (Å²) < 4.78 is 0. The third-order valence-corrected chi connectivity index (χ3v) is 4.28. The lowest BCUT2D eigenvalue weighted by atomic mass is 9.87. The van der Waals surface area contributed by atoms with E-state index in [0.717, 1.165) is 31.7 Å². The summed E-state index contributed by atoms with van der Waals surface area (Å²) in [6, 6.07) is 0.372. The van der Waals surface area contributed by atoms with Gasteiger partial charge in [0.15, 0.2) is 0 Å². The van der Waals surface area contributed by atoms with Crippen molar-refractivity contribution < 1.29 is 9.90 Å². The Hall–Kier alpha value is -0.610. The molecule has 2 fully saturated rings. The second-order valence-electron chi connectivity index (χ2n) is 6.48. The van der Waals surface area contributed by atoms with Gasteiger partial charge in [-0.05, 0) is 44.9 Å². The summed E-state index contributed by atoms with van der Waals surface area (Å²) in [6.45, 7) is 5.99. The molecule has 1 saturated heterocycles. The molecule has 2 N–H and O–H groups in total. The Kier molecular flexibility index (Phi) is 4.28. The minimum absolute atomic E-state index is 0.118. The second-order valence-corrected chi connectivity index (χ2v) is 6.48. The Morgan fingerprint density at radius 2 is 2.06 bits per heavy atom. The molecular formula is C14H26N2O2. The topological polar surface area (TPSA) is 52.6 Å². The molecule has 1 aliphatic heterocycles. The Balaban J connectivity index is 1.69. The lowest BCUT2D eigenvalue weighted by Gasteiger charge is -2.27. The van der Waals surface area contributed by atoms with Gasteiger partial charge in [0.05, 0.1) is 12.1 Å². The summed E-state index contributed by atoms with van der Waals surface area (Å²) in [7, 11) is 0. The SMILES string of the molecule is CC1CCC(NC(=O)CN2CCC(C)(O)C2)CC1. The van der Waals surface area contributed by atoms with Crippen LogP contribution in [0.3, 0.4) is 0 Å². The van der Waals surface area contributed by atoms with E-state index in [9.17, 15) is 9.90 Å². The van der Waals surface area contributed by atoms with Gasteiger partial charge < -0.3 is 10.4 Å². The summed E-state index contributed by atoms with van der Waals surface area (Å²) in [6.07, 6.45) is 5.45. The van der Waals surface area contributed by atoms with E-state index in [2.05, 4.69) is 12.2 Å². The molecule has 2 aliphatic rings. The number of carbonyl (C=O) groups is 1. The van der Waals surface area contributed by atoms with Crippen LogP contribution in [0.1, 0.15) is 46.0 Å². The van der Waals surface area contributed by atoms with E-state index >= 15 is 0 Å². The number of amides is 1. The molecule has 4 nitrogen and oxygen atoms in total. The smallest absolute Gasteiger partial charge is 0.234 e. The van der Waals surface area contributed by atoms with E-state index < -0.39 is 5.60 Å². The van der Waals surface area contributed by atoms with E-state index in [0.29, 0.717) is 19.1 Å². The van der Waals surface area contributed by atoms with Gasteiger partial charge >= 0.3 is 0 Å². The summed E-state index contributed by atoms with van der Waals surface area (Å²) in [4.78, 5) is 14.0. The number of nitrogens with one attached hydrogen (secondary N) is 1. The van der Waals surface area contributed by atoms with Crippen LogP contribution in [0.2, 0.25) is 0 Å². The predicted octanol–water partition coefficient (Wildman–Crippen LogP) is 1.14. The molecule has 0 spiro atoms. The zero-order valence-electron chi connectivity index (χ0n) is 11.6. The molecule has 1 atom stereocenters. The van der Waals surface area contributed by atoms with Crippen molar-refractivity contribution in [2.75, 3.05) is 19.6 Å². The lowest BCUT2D eigenvalue weighted by molar-refractivity contribution is -0.123. The van der Waals surface area contributed by atoms with Crippen LogP contribution in [0.4, 0.5) is 0 Å². The van der Waals surface area contributed by atoms with Crippen LogP contribution >= 0.6 is 0 Å². The van der Waals surface area contributed by atoms with Gasteiger partial charge in [-0.1, -0.05) is 6.92 Å². The Morgan fingerprint density at radius 1 is 1.39 bits per heavy atom. The Bertz CT molecular complexity index is 296. The van der Waals surface area contributed by atoms with Crippen molar-refractivity contribution in [2.45, 2.75) is 57.6 Å². The fourth-order valence-corrected chi connectivity index (χ4v) is 3.05. The number of hydrogen-bond donors (Lipinski definition) is 2. The minimum atomic E-state index is -0.611. The van der Waals surface area contributed by atoms with Gasteiger partial charge in [0.1, 0.15) is 0 Å². The molecule has 0 aromatic heterocycles. The lowest BCUT2D eigenvalue weighted by Crippen LogP contribution is -2.43. The Morgan fingerprint density at radius 3 is 2.61 bits per heavy atom. The molecule has 18 heavy (non-hydrogen) atoms. The van der Waals surface area contributed by atoms with Gasteiger partial charge in [-0.15, -0.1) is 0 Å². The molecule has 1 unspecified atom stereocenters. The fourth-order valence-electron chi connectivity index (χ4n) is 3.05. The maximum Gasteiger partial charge on any atom is 0.234 e. The van der Waals surface area contributed by atoms with Crippen LogP contribution in [0, 0.1) is 5.92 Å². The van der Waals surface area contributed by atoms with Crippen LogP contribution in [0.5, 0.6) is 0 Å². The van der Waals surface area contributed by atoms with Crippen LogP contribution < -0.4 is 5.32 Å². The van der Waals surface area contributed by atoms with E-state index in [4.69, 9.17) is 0 Å². The fraction of sp³-hybridized carbons (Fsp3) is 0.929. The van der Waals surface area contributed by atoms with Crippen molar-refractivity contribution >= 4 is 5.91 Å². The molecule has 0 aromatic carbocycles. The zero-order valence-corrected chi connectivity index (χ0v) is 11.6. The van der Waals surface area contributed by atoms with E-state index in [1.165, 1.54) is 12.8 Å². The molecular weight excluding hydrogens is 228 g/mol. The van der Waals surface area contributed by atoms with Gasteiger partial charge in [0, 0.05) is 19.1 Å². The number of carbonyl (C=O) groups excluding carboxylic acids is 1. The van der Waals surface area contributed by atoms with Gasteiger partial charge in [0.2, 0.25) is 5.91 Å². The standard InChI is InChI=1S/C14H26N2O2/c1-11-3-5-12(6-4-11)15-13(17)9-16-8-7-14(2,18)10-16/h11-12,18H,3-10H2,1-2H3,(H,15,17). The van der Waals surface area contributed by atoms with Crippen molar-refractivity contribution in [2.24, 2.45) is 5.92 Å². The largest absolute Gasteiger partial charge is 0.389 e. The first-order valence-corrected chi connectivity index (χ1v) is 7.19. The monoisotopic (exact) mass is 254 g/mol. The highest BCUT2D eigenvalue weighted by Gasteiger charge is 2.32. The third kappa shape index (κ3) is 3.95. The molecule has 104 valence electrons. The van der Waals surface area contributed by atoms with Crippen LogP contribution in [-0.2, 0) is 4.79 Å². The first-order valence-electron chi connectivity index (χ1n) is 7.19. The highest BCUT2D eigenvalue weighted by atomic mass is 16.3. The highest BCUT2D eigenvalue weighted by molar-refractivity contribution is 5.78. The molecule has 2 rings (SSSR count). The first-order chi connectivity index (χ1) is 8.44. The zero-order chi connectivity index (χ0) is 13.2. The summed E-state index contributed by atoms with van der Waals surface area (Å²) in [5, 5.41) is 13.0. The van der Waals surface area contributed by atoms with Crippen LogP contribution in [-0.4, -0.2) is 47.2 Å². The number of rotatable bonds is 3.